The van der Waals surface area contributed by atoms with Gasteiger partial charge in [0.2, 0.25) is 0 Å². The summed E-state index contributed by atoms with van der Waals surface area (Å²) in [5, 5.41) is 13.9. The molecule has 0 bridgehead atoms. The molecule has 0 aliphatic carbocycles. The summed E-state index contributed by atoms with van der Waals surface area (Å²) in [7, 11) is 1.34. The maximum Gasteiger partial charge on any atom is 0.337 e. The highest BCUT2D eigenvalue weighted by Gasteiger charge is 2.17. The summed E-state index contributed by atoms with van der Waals surface area (Å²) in [4.78, 5) is 11.5. The zero-order valence-corrected chi connectivity index (χ0v) is 14.5. The normalized spacial score (nSPS) is 10.2. The van der Waals surface area contributed by atoms with Crippen molar-refractivity contribution in [1.29, 1.82) is 5.26 Å². The van der Waals surface area contributed by atoms with E-state index >= 15 is 0 Å². The van der Waals surface area contributed by atoms with Crippen LogP contribution in [0.15, 0.2) is 54.6 Å². The third-order valence-corrected chi connectivity index (χ3v) is 3.92. The van der Waals surface area contributed by atoms with Gasteiger partial charge >= 0.3 is 5.97 Å². The number of ether oxygens (including phenoxy) is 2. The first kappa shape index (κ1) is 17.2. The van der Waals surface area contributed by atoms with Gasteiger partial charge in [0.25, 0.3) is 0 Å². The van der Waals surface area contributed by atoms with Crippen LogP contribution < -0.4 is 4.74 Å². The number of methoxy groups -OCH3 is 1. The lowest BCUT2D eigenvalue weighted by Gasteiger charge is -2.10. The number of rotatable bonds is 5. The molecule has 0 aliphatic heterocycles. The Kier molecular flexibility index (Phi) is 4.99. The van der Waals surface area contributed by atoms with E-state index in [1.807, 2.05) is 30.3 Å². The van der Waals surface area contributed by atoms with Crippen LogP contribution in [0.1, 0.15) is 27.3 Å². The zero-order chi connectivity index (χ0) is 18.5. The second-order valence-electron chi connectivity index (χ2n) is 5.57. The Balaban J connectivity index is 1.86. The summed E-state index contributed by atoms with van der Waals surface area (Å²) in [5.74, 6) is 0.182. The molecule has 0 amide bonds. The minimum absolute atomic E-state index is 0.177. The zero-order valence-electron chi connectivity index (χ0n) is 14.5. The van der Waals surface area contributed by atoms with Crippen LogP contribution in [0.5, 0.6) is 5.75 Å². The molecule has 3 rings (SSSR count). The Morgan fingerprint density at radius 2 is 1.85 bits per heavy atom. The lowest BCUT2D eigenvalue weighted by atomic mass is 10.2. The van der Waals surface area contributed by atoms with E-state index in [1.54, 1.807) is 35.9 Å². The van der Waals surface area contributed by atoms with Crippen LogP contribution in [-0.4, -0.2) is 22.9 Å². The molecule has 6 heteroatoms. The van der Waals surface area contributed by atoms with Crippen molar-refractivity contribution in [2.75, 3.05) is 7.11 Å². The Bertz CT molecular complexity index is 954. The van der Waals surface area contributed by atoms with Crippen LogP contribution in [0.2, 0.25) is 0 Å². The average molecular weight is 347 g/mol. The molecule has 0 atom stereocenters. The number of hydrogen-bond acceptors (Lipinski definition) is 5. The molecule has 26 heavy (non-hydrogen) atoms. The van der Waals surface area contributed by atoms with E-state index in [4.69, 9.17) is 4.74 Å². The predicted octanol–water partition coefficient (Wildman–Crippen LogP) is 3.42. The number of esters is 1. The van der Waals surface area contributed by atoms with Gasteiger partial charge < -0.3 is 9.47 Å². The molecule has 1 heterocycles. The van der Waals surface area contributed by atoms with E-state index in [2.05, 4.69) is 15.9 Å². The molecule has 0 saturated heterocycles. The van der Waals surface area contributed by atoms with E-state index in [0.717, 1.165) is 5.69 Å². The molecular formula is C20H17N3O3. The van der Waals surface area contributed by atoms with Gasteiger partial charge in [-0.1, -0.05) is 18.2 Å². The van der Waals surface area contributed by atoms with E-state index in [9.17, 15) is 10.1 Å². The lowest BCUT2D eigenvalue weighted by molar-refractivity contribution is 0.0600. The van der Waals surface area contributed by atoms with Gasteiger partial charge in [-0.25, -0.2) is 9.48 Å². The SMILES string of the molecule is COC(=O)c1ccc(OCc2c(C#N)c(C)nn2-c2ccccc2)cc1. The third-order valence-electron chi connectivity index (χ3n) is 3.92. The largest absolute Gasteiger partial charge is 0.487 e. The van der Waals surface area contributed by atoms with E-state index in [0.29, 0.717) is 28.3 Å². The molecule has 0 spiro atoms. The molecule has 6 nitrogen and oxygen atoms in total. The van der Waals surface area contributed by atoms with E-state index in [-0.39, 0.29) is 6.61 Å². The van der Waals surface area contributed by atoms with Crippen LogP contribution in [0.3, 0.4) is 0 Å². The smallest absolute Gasteiger partial charge is 0.337 e. The Morgan fingerprint density at radius 1 is 1.15 bits per heavy atom. The summed E-state index contributed by atoms with van der Waals surface area (Å²) in [6, 6.07) is 18.4. The maximum atomic E-state index is 11.5. The molecule has 2 aromatic carbocycles. The van der Waals surface area contributed by atoms with Gasteiger partial charge in [-0.15, -0.1) is 0 Å². The first-order chi connectivity index (χ1) is 12.6. The van der Waals surface area contributed by atoms with E-state index < -0.39 is 5.97 Å². The highest BCUT2D eigenvalue weighted by molar-refractivity contribution is 5.89. The molecule has 0 radical (unpaired) electrons. The lowest BCUT2D eigenvalue weighted by Crippen LogP contribution is -2.07. The van der Waals surface area contributed by atoms with Crippen molar-refractivity contribution in [2.24, 2.45) is 0 Å². The first-order valence-electron chi connectivity index (χ1n) is 7.99. The van der Waals surface area contributed by atoms with Gasteiger partial charge in [-0.05, 0) is 43.3 Å². The molecule has 0 aliphatic rings. The van der Waals surface area contributed by atoms with Gasteiger partial charge in [0, 0.05) is 0 Å². The number of hydrogen-bond donors (Lipinski definition) is 0. The van der Waals surface area contributed by atoms with Crippen LogP contribution in [0.25, 0.3) is 5.69 Å². The number of aromatic nitrogens is 2. The molecule has 0 saturated carbocycles. The van der Waals surface area contributed by atoms with E-state index in [1.165, 1.54) is 7.11 Å². The van der Waals surface area contributed by atoms with Gasteiger partial charge in [0.1, 0.15) is 24.0 Å². The Labute approximate surface area is 151 Å². The predicted molar refractivity (Wildman–Crippen MR) is 95.1 cm³/mol. The molecule has 0 N–H and O–H groups in total. The molecule has 3 aromatic rings. The summed E-state index contributed by atoms with van der Waals surface area (Å²) >= 11 is 0. The summed E-state index contributed by atoms with van der Waals surface area (Å²) in [6.07, 6.45) is 0. The fourth-order valence-electron chi connectivity index (χ4n) is 2.59. The molecule has 1 aromatic heterocycles. The second-order valence-corrected chi connectivity index (χ2v) is 5.57. The number of benzene rings is 2. The number of para-hydroxylation sites is 1. The highest BCUT2D eigenvalue weighted by atomic mass is 16.5. The average Bonchev–Trinajstić information content (AvgIpc) is 3.02. The van der Waals surface area contributed by atoms with Gasteiger partial charge in [0.15, 0.2) is 0 Å². The van der Waals surface area contributed by atoms with Crippen molar-refractivity contribution in [3.8, 4) is 17.5 Å². The van der Waals surface area contributed by atoms with Crippen LogP contribution >= 0.6 is 0 Å². The fourth-order valence-corrected chi connectivity index (χ4v) is 2.59. The van der Waals surface area contributed by atoms with Crippen molar-refractivity contribution >= 4 is 5.97 Å². The van der Waals surface area contributed by atoms with Crippen molar-refractivity contribution in [3.63, 3.8) is 0 Å². The number of nitrogens with zero attached hydrogens (tertiary/aromatic N) is 3. The molecule has 130 valence electrons. The van der Waals surface area contributed by atoms with Gasteiger partial charge in [-0.2, -0.15) is 10.4 Å². The molecular weight excluding hydrogens is 330 g/mol. The van der Waals surface area contributed by atoms with Crippen LogP contribution in [0, 0.1) is 18.3 Å². The van der Waals surface area contributed by atoms with Gasteiger partial charge in [-0.3, -0.25) is 0 Å². The van der Waals surface area contributed by atoms with Gasteiger partial charge in [0.05, 0.1) is 29.7 Å². The second kappa shape index (κ2) is 7.53. The highest BCUT2D eigenvalue weighted by Crippen LogP contribution is 2.21. The monoisotopic (exact) mass is 347 g/mol. The summed E-state index contributed by atoms with van der Waals surface area (Å²) in [6.45, 7) is 1.98. The topological polar surface area (TPSA) is 77.1 Å². The molecule has 0 unspecified atom stereocenters. The Morgan fingerprint density at radius 3 is 2.46 bits per heavy atom. The van der Waals surface area contributed by atoms with Crippen molar-refractivity contribution in [1.82, 2.24) is 9.78 Å². The summed E-state index contributed by atoms with van der Waals surface area (Å²) < 4.78 is 12.2. The fraction of sp³-hybridized carbons (Fsp3) is 0.150. The number of carbonyl (C=O) groups excluding carboxylic acids is 1. The van der Waals surface area contributed by atoms with Crippen molar-refractivity contribution in [2.45, 2.75) is 13.5 Å². The third kappa shape index (κ3) is 3.42. The quantitative estimate of drug-likeness (QED) is 0.661. The Hall–Kier alpha value is -3.59. The number of nitriles is 1. The van der Waals surface area contributed by atoms with Crippen molar-refractivity contribution < 1.29 is 14.3 Å². The van der Waals surface area contributed by atoms with Crippen LogP contribution in [-0.2, 0) is 11.3 Å². The number of aryl methyl sites for hydroxylation is 1. The van der Waals surface area contributed by atoms with Crippen LogP contribution in [0.4, 0.5) is 0 Å². The maximum absolute atomic E-state index is 11.5. The molecule has 0 fully saturated rings. The summed E-state index contributed by atoms with van der Waals surface area (Å²) in [5.41, 5.74) is 3.13. The minimum atomic E-state index is -0.402. The number of carbonyl (C=O) groups is 1. The first-order valence-corrected chi connectivity index (χ1v) is 7.99. The minimum Gasteiger partial charge on any atom is -0.487 e. The standard InChI is InChI=1S/C20H17N3O3/c1-14-18(12-21)19(23(22-14)16-6-4-3-5-7-16)13-26-17-10-8-15(9-11-17)20(24)25-2/h3-11H,13H2,1-2H3. The van der Waals surface area contributed by atoms with Crippen molar-refractivity contribution in [3.05, 3.63) is 77.1 Å².